The molecule has 2 aliphatic rings. The molecule has 216 valence electrons. The molecule has 2 aliphatic heterocycles. The van der Waals surface area contributed by atoms with Crippen molar-refractivity contribution in [3.05, 3.63) is 95.0 Å². The van der Waals surface area contributed by atoms with E-state index in [1.165, 1.54) is 11.8 Å². The lowest BCUT2D eigenvalue weighted by molar-refractivity contribution is -0.123. The Morgan fingerprint density at radius 3 is 2.62 bits per heavy atom. The van der Waals surface area contributed by atoms with Gasteiger partial charge in [-0.3, -0.25) is 14.5 Å². The maximum atomic E-state index is 13.9. The number of hydrogen-bond acceptors (Lipinski definition) is 6. The van der Waals surface area contributed by atoms with Gasteiger partial charge in [-0.15, -0.1) is 11.8 Å². The smallest absolute Gasteiger partial charge is 0.240 e. The molecule has 0 spiro atoms. The molecule has 0 radical (unpaired) electrons. The molecule has 1 saturated heterocycles. The van der Waals surface area contributed by atoms with Crippen molar-refractivity contribution in [2.24, 2.45) is 0 Å². The van der Waals surface area contributed by atoms with Crippen molar-refractivity contribution in [1.29, 1.82) is 0 Å². The summed E-state index contributed by atoms with van der Waals surface area (Å²) in [6.07, 6.45) is 1.88. The van der Waals surface area contributed by atoms with Gasteiger partial charge in [0, 0.05) is 29.8 Å². The number of halogens is 1. The summed E-state index contributed by atoms with van der Waals surface area (Å²) in [5.41, 5.74) is 3.93. The summed E-state index contributed by atoms with van der Waals surface area (Å²) in [6.45, 7) is 0.947. The van der Waals surface area contributed by atoms with E-state index >= 15 is 0 Å². The number of carbonyl (C=O) groups is 2. The van der Waals surface area contributed by atoms with Crippen LogP contribution in [0.1, 0.15) is 29.2 Å². The monoisotopic (exact) mass is 602 g/mol. The first kappa shape index (κ1) is 28.3. The van der Waals surface area contributed by atoms with E-state index in [2.05, 4.69) is 5.32 Å². The van der Waals surface area contributed by atoms with E-state index in [0.717, 1.165) is 29.5 Å². The Balaban J connectivity index is 1.54. The van der Waals surface area contributed by atoms with Gasteiger partial charge in [0.1, 0.15) is 18.1 Å². The minimum Gasteiger partial charge on any atom is -0.496 e. The van der Waals surface area contributed by atoms with E-state index in [4.69, 9.17) is 26.2 Å². The van der Waals surface area contributed by atoms with Gasteiger partial charge >= 0.3 is 0 Å². The number of carbonyl (C=O) groups excluding carboxylic acids is 2. The highest BCUT2D eigenvalue weighted by atomic mass is 35.5. The molecule has 2 atom stereocenters. The first-order chi connectivity index (χ1) is 20.5. The summed E-state index contributed by atoms with van der Waals surface area (Å²) in [4.78, 5) is 28.8. The summed E-state index contributed by atoms with van der Waals surface area (Å²) in [5.74, 6) is 0.922. The first-order valence-corrected chi connectivity index (χ1v) is 15.3. The highest BCUT2D eigenvalue weighted by Gasteiger charge is 2.39. The third kappa shape index (κ3) is 5.64. The lowest BCUT2D eigenvalue weighted by Crippen LogP contribution is -2.44. The Kier molecular flexibility index (Phi) is 8.51. The fourth-order valence-corrected chi connectivity index (χ4v) is 6.92. The third-order valence-electron chi connectivity index (χ3n) is 7.49. The van der Waals surface area contributed by atoms with Crippen LogP contribution in [0.5, 0.6) is 5.75 Å². The molecule has 4 aromatic rings. The number of anilines is 1. The number of benzene rings is 3. The SMILES string of the molecule is COc1ccccc1[C@@H]1SCC(=O)N(CC(=O)NC[C@@H]2CCCO2)c2c1c(-c1ccccc1)nn2-c1ccccc1Cl. The van der Waals surface area contributed by atoms with Crippen molar-refractivity contribution in [3.63, 3.8) is 0 Å². The zero-order valence-corrected chi connectivity index (χ0v) is 24.7. The Morgan fingerprint density at radius 1 is 1.10 bits per heavy atom. The Morgan fingerprint density at radius 2 is 1.86 bits per heavy atom. The molecule has 0 bridgehead atoms. The van der Waals surface area contributed by atoms with Gasteiger partial charge < -0.3 is 14.8 Å². The molecule has 1 fully saturated rings. The van der Waals surface area contributed by atoms with E-state index in [1.54, 1.807) is 22.8 Å². The van der Waals surface area contributed by atoms with E-state index in [9.17, 15) is 9.59 Å². The summed E-state index contributed by atoms with van der Waals surface area (Å²) >= 11 is 8.22. The Labute approximate surface area is 253 Å². The normalized spacial score (nSPS) is 18.4. The van der Waals surface area contributed by atoms with Gasteiger partial charge in [0.25, 0.3) is 0 Å². The number of para-hydroxylation sites is 2. The number of thioether (sulfide) groups is 1. The van der Waals surface area contributed by atoms with Crippen LogP contribution in [0.25, 0.3) is 16.9 Å². The topological polar surface area (TPSA) is 85.7 Å². The van der Waals surface area contributed by atoms with Crippen molar-refractivity contribution in [3.8, 4) is 22.7 Å². The van der Waals surface area contributed by atoms with Crippen LogP contribution in [0.2, 0.25) is 5.02 Å². The van der Waals surface area contributed by atoms with Gasteiger partial charge in [-0.05, 0) is 31.0 Å². The number of rotatable bonds is 8. The Bertz CT molecular complexity index is 1590. The molecule has 3 aromatic carbocycles. The third-order valence-corrected chi connectivity index (χ3v) is 9.05. The minimum absolute atomic E-state index is 0.00633. The van der Waals surface area contributed by atoms with Crippen LogP contribution < -0.4 is 15.0 Å². The molecule has 3 heterocycles. The van der Waals surface area contributed by atoms with Gasteiger partial charge in [-0.1, -0.05) is 72.3 Å². The van der Waals surface area contributed by atoms with Gasteiger partial charge in [0.15, 0.2) is 0 Å². The molecule has 10 heteroatoms. The van der Waals surface area contributed by atoms with Crippen LogP contribution >= 0.6 is 23.4 Å². The van der Waals surface area contributed by atoms with Crippen LogP contribution in [-0.4, -0.2) is 60.3 Å². The van der Waals surface area contributed by atoms with E-state index < -0.39 is 0 Å². The molecule has 1 N–H and O–H groups in total. The number of amides is 2. The fourth-order valence-electron chi connectivity index (χ4n) is 5.48. The zero-order chi connectivity index (χ0) is 29.1. The molecule has 42 heavy (non-hydrogen) atoms. The lowest BCUT2D eigenvalue weighted by Gasteiger charge is -2.24. The van der Waals surface area contributed by atoms with E-state index in [-0.39, 0.29) is 35.5 Å². The maximum absolute atomic E-state index is 13.9. The van der Waals surface area contributed by atoms with Gasteiger partial charge in [-0.2, -0.15) is 5.10 Å². The predicted octanol–water partition coefficient (Wildman–Crippen LogP) is 5.67. The van der Waals surface area contributed by atoms with Crippen molar-refractivity contribution in [1.82, 2.24) is 15.1 Å². The highest BCUT2D eigenvalue weighted by molar-refractivity contribution is 8.00. The maximum Gasteiger partial charge on any atom is 0.240 e. The number of ether oxygens (including phenoxy) is 2. The van der Waals surface area contributed by atoms with Gasteiger partial charge in [0.05, 0.1) is 40.6 Å². The first-order valence-electron chi connectivity index (χ1n) is 13.9. The molecular weight excluding hydrogens is 572 g/mol. The molecule has 2 amide bonds. The summed E-state index contributed by atoms with van der Waals surface area (Å²) < 4.78 is 13.2. The molecule has 6 rings (SSSR count). The number of nitrogens with zero attached hydrogens (tertiary/aromatic N) is 3. The van der Waals surface area contributed by atoms with Crippen LogP contribution in [-0.2, 0) is 14.3 Å². The highest BCUT2D eigenvalue weighted by Crippen LogP contribution is 2.50. The van der Waals surface area contributed by atoms with E-state index in [0.29, 0.717) is 41.1 Å². The number of fused-ring (bicyclic) bond motifs is 1. The molecule has 8 nitrogen and oxygen atoms in total. The van der Waals surface area contributed by atoms with Crippen LogP contribution in [0.3, 0.4) is 0 Å². The summed E-state index contributed by atoms with van der Waals surface area (Å²) in [6, 6.07) is 25.0. The predicted molar refractivity (Wildman–Crippen MR) is 166 cm³/mol. The van der Waals surface area contributed by atoms with Crippen LogP contribution in [0.15, 0.2) is 78.9 Å². The zero-order valence-electron chi connectivity index (χ0n) is 23.2. The molecule has 0 aliphatic carbocycles. The van der Waals surface area contributed by atoms with Gasteiger partial charge in [0.2, 0.25) is 11.8 Å². The average molecular weight is 603 g/mol. The molecule has 1 aromatic heterocycles. The number of methoxy groups -OCH3 is 1. The summed E-state index contributed by atoms with van der Waals surface area (Å²) in [5, 5.41) is 8.24. The number of hydrogen-bond donors (Lipinski definition) is 1. The van der Waals surface area contributed by atoms with Crippen molar-refractivity contribution >= 4 is 41.0 Å². The molecular formula is C32H31ClN4O4S. The van der Waals surface area contributed by atoms with Crippen molar-refractivity contribution in [2.45, 2.75) is 24.2 Å². The lowest BCUT2D eigenvalue weighted by atomic mass is 9.99. The van der Waals surface area contributed by atoms with E-state index in [1.807, 2.05) is 72.8 Å². The molecule has 0 saturated carbocycles. The van der Waals surface area contributed by atoms with Crippen molar-refractivity contribution in [2.75, 3.05) is 37.5 Å². The number of aromatic nitrogens is 2. The van der Waals surface area contributed by atoms with Crippen molar-refractivity contribution < 1.29 is 19.1 Å². The second-order valence-electron chi connectivity index (χ2n) is 10.2. The number of nitrogens with one attached hydrogen (secondary N) is 1. The van der Waals surface area contributed by atoms with Crippen LogP contribution in [0, 0.1) is 0 Å². The minimum atomic E-state index is -0.313. The van der Waals surface area contributed by atoms with Gasteiger partial charge in [-0.25, -0.2) is 4.68 Å². The fraction of sp³-hybridized carbons (Fsp3) is 0.281. The summed E-state index contributed by atoms with van der Waals surface area (Å²) in [7, 11) is 1.64. The standard InChI is InChI=1S/C32H31ClN4O4S/c1-40-26-16-8-5-13-23(26)31-29-30(21-10-3-2-4-11-21)35-37(25-15-7-6-14-24(25)33)32(29)36(28(39)20-42-31)19-27(38)34-18-22-12-9-17-41-22/h2-8,10-11,13-16,22,31H,9,12,17-20H2,1H3,(H,34,38)/t22-,31-/m0/s1. The second kappa shape index (κ2) is 12.6. The molecule has 0 unspecified atom stereocenters. The largest absolute Gasteiger partial charge is 0.496 e. The Hall–Kier alpha value is -3.79. The van der Waals surface area contributed by atoms with Crippen LogP contribution in [0.4, 0.5) is 5.82 Å². The average Bonchev–Trinajstić information content (AvgIpc) is 3.66. The quantitative estimate of drug-likeness (QED) is 0.280. The second-order valence-corrected chi connectivity index (χ2v) is 11.7.